The van der Waals surface area contributed by atoms with E-state index in [2.05, 4.69) is 9.97 Å². The zero-order chi connectivity index (χ0) is 8.43. The van der Waals surface area contributed by atoms with Gasteiger partial charge in [-0.3, -0.25) is 0 Å². The van der Waals surface area contributed by atoms with Crippen LogP contribution in [-0.2, 0) is 0 Å². The molecule has 1 heterocycles. The van der Waals surface area contributed by atoms with Crippen LogP contribution in [-0.4, -0.2) is 24.1 Å². The van der Waals surface area contributed by atoms with Crippen LogP contribution in [0.1, 0.15) is 0 Å². The summed E-state index contributed by atoms with van der Waals surface area (Å²) in [6, 6.07) is 1.06. The lowest BCUT2D eigenvalue weighted by molar-refractivity contribution is 0.483. The molecule has 0 aliphatic carbocycles. The van der Waals surface area contributed by atoms with E-state index >= 15 is 0 Å². The first-order valence-corrected chi connectivity index (χ1v) is 2.97. The predicted molar refractivity (Wildman–Crippen MR) is 36.3 cm³/mol. The minimum atomic E-state index is -1.05. The van der Waals surface area contributed by atoms with Crippen LogP contribution in [0.5, 0.6) is 0 Å². The fourth-order valence-electron chi connectivity index (χ4n) is 0.608. The SMILES string of the molecule is CN(C)c1cc(F)nc(F)n1. The van der Waals surface area contributed by atoms with Crippen molar-refractivity contribution in [2.24, 2.45) is 0 Å². The molecule has 0 saturated carbocycles. The Morgan fingerprint density at radius 2 is 1.91 bits per heavy atom. The highest BCUT2D eigenvalue weighted by atomic mass is 19.1. The molecule has 60 valence electrons. The van der Waals surface area contributed by atoms with Crippen molar-refractivity contribution >= 4 is 5.82 Å². The molecule has 0 saturated heterocycles. The lowest BCUT2D eigenvalue weighted by Crippen LogP contribution is -2.12. The van der Waals surface area contributed by atoms with Crippen LogP contribution >= 0.6 is 0 Å². The Labute approximate surface area is 62.7 Å². The topological polar surface area (TPSA) is 29.0 Å². The van der Waals surface area contributed by atoms with E-state index in [0.29, 0.717) is 0 Å². The van der Waals surface area contributed by atoms with Crippen molar-refractivity contribution in [3.05, 3.63) is 18.1 Å². The summed E-state index contributed by atoms with van der Waals surface area (Å²) in [4.78, 5) is 7.68. The number of aromatic nitrogens is 2. The summed E-state index contributed by atoms with van der Waals surface area (Å²) in [5, 5.41) is 0. The highest BCUT2D eigenvalue weighted by Crippen LogP contribution is 2.07. The number of rotatable bonds is 1. The van der Waals surface area contributed by atoms with Crippen LogP contribution < -0.4 is 4.90 Å². The molecule has 1 aromatic rings. The zero-order valence-corrected chi connectivity index (χ0v) is 6.17. The van der Waals surface area contributed by atoms with E-state index in [1.54, 1.807) is 14.1 Å². The Bertz CT molecular complexity index is 242. The molecule has 11 heavy (non-hydrogen) atoms. The molecule has 0 aliphatic rings. The highest BCUT2D eigenvalue weighted by molar-refractivity contribution is 5.34. The highest BCUT2D eigenvalue weighted by Gasteiger charge is 2.03. The smallest absolute Gasteiger partial charge is 0.313 e. The largest absolute Gasteiger partial charge is 0.362 e. The molecule has 0 unspecified atom stereocenters. The molecule has 5 heteroatoms. The van der Waals surface area contributed by atoms with E-state index in [0.717, 1.165) is 6.07 Å². The van der Waals surface area contributed by atoms with Crippen LogP contribution in [0.25, 0.3) is 0 Å². The number of anilines is 1. The van der Waals surface area contributed by atoms with Crippen LogP contribution in [0, 0.1) is 12.0 Å². The number of halogens is 2. The lowest BCUT2D eigenvalue weighted by atomic mass is 10.5. The van der Waals surface area contributed by atoms with Gasteiger partial charge in [0, 0.05) is 20.2 Å². The van der Waals surface area contributed by atoms with E-state index in [9.17, 15) is 8.78 Å². The van der Waals surface area contributed by atoms with E-state index in [-0.39, 0.29) is 5.82 Å². The molecule has 1 aromatic heterocycles. The first kappa shape index (κ1) is 7.84. The molecule has 0 N–H and O–H groups in total. The van der Waals surface area contributed by atoms with Gasteiger partial charge in [0.25, 0.3) is 0 Å². The average Bonchev–Trinajstić information content (AvgIpc) is 1.85. The Morgan fingerprint density at radius 1 is 1.27 bits per heavy atom. The van der Waals surface area contributed by atoms with Crippen molar-refractivity contribution in [2.75, 3.05) is 19.0 Å². The van der Waals surface area contributed by atoms with Gasteiger partial charge < -0.3 is 4.90 Å². The number of hydrogen-bond acceptors (Lipinski definition) is 3. The van der Waals surface area contributed by atoms with E-state index in [1.165, 1.54) is 4.90 Å². The fourth-order valence-corrected chi connectivity index (χ4v) is 0.608. The Balaban J connectivity index is 3.08. The van der Waals surface area contributed by atoms with Crippen molar-refractivity contribution in [3.63, 3.8) is 0 Å². The second kappa shape index (κ2) is 2.77. The summed E-state index contributed by atoms with van der Waals surface area (Å²) in [5.41, 5.74) is 0. The Morgan fingerprint density at radius 3 is 2.36 bits per heavy atom. The standard InChI is InChI=1S/C6H7F2N3/c1-11(2)5-3-4(7)9-6(8)10-5/h3H,1-2H3. The molecule has 3 nitrogen and oxygen atoms in total. The second-order valence-electron chi connectivity index (χ2n) is 2.21. The monoisotopic (exact) mass is 159 g/mol. The van der Waals surface area contributed by atoms with Crippen LogP contribution in [0.2, 0.25) is 0 Å². The summed E-state index contributed by atoms with van der Waals surface area (Å²) in [5.74, 6) is -0.642. The maximum Gasteiger partial charge on any atom is 0.313 e. The van der Waals surface area contributed by atoms with Crippen molar-refractivity contribution in [1.29, 1.82) is 0 Å². The summed E-state index contributed by atoms with van der Waals surface area (Å²) in [6.07, 6.45) is -1.05. The van der Waals surface area contributed by atoms with Gasteiger partial charge in [0.05, 0.1) is 0 Å². The van der Waals surface area contributed by atoms with Crippen molar-refractivity contribution in [1.82, 2.24) is 9.97 Å². The maximum absolute atomic E-state index is 12.4. The fraction of sp³-hybridized carbons (Fsp3) is 0.333. The maximum atomic E-state index is 12.4. The summed E-state index contributed by atoms with van der Waals surface area (Å²) in [6.45, 7) is 0. The van der Waals surface area contributed by atoms with Crippen LogP contribution in [0.15, 0.2) is 6.07 Å². The molecule has 1 rings (SSSR count). The lowest BCUT2D eigenvalue weighted by Gasteiger charge is -2.09. The molecular formula is C6H7F2N3. The van der Waals surface area contributed by atoms with Gasteiger partial charge in [-0.15, -0.1) is 0 Å². The third-order valence-corrected chi connectivity index (χ3v) is 1.11. The number of hydrogen-bond donors (Lipinski definition) is 0. The van der Waals surface area contributed by atoms with Gasteiger partial charge in [-0.2, -0.15) is 18.7 Å². The predicted octanol–water partition coefficient (Wildman–Crippen LogP) is 0.821. The number of nitrogens with zero attached hydrogens (tertiary/aromatic N) is 3. The normalized spacial score (nSPS) is 9.82. The van der Waals surface area contributed by atoms with E-state index in [4.69, 9.17) is 0 Å². The molecule has 0 atom stereocenters. The third kappa shape index (κ3) is 1.83. The molecular weight excluding hydrogens is 152 g/mol. The van der Waals surface area contributed by atoms with Crippen molar-refractivity contribution in [3.8, 4) is 0 Å². The first-order valence-electron chi connectivity index (χ1n) is 2.97. The van der Waals surface area contributed by atoms with Gasteiger partial charge in [0.15, 0.2) is 0 Å². The van der Waals surface area contributed by atoms with Crippen LogP contribution in [0.4, 0.5) is 14.6 Å². The van der Waals surface area contributed by atoms with Gasteiger partial charge in [-0.05, 0) is 0 Å². The van der Waals surface area contributed by atoms with Gasteiger partial charge >= 0.3 is 6.08 Å². The summed E-state index contributed by atoms with van der Waals surface area (Å²) in [7, 11) is 3.28. The van der Waals surface area contributed by atoms with Crippen LogP contribution in [0.3, 0.4) is 0 Å². The average molecular weight is 159 g/mol. The molecule has 0 bridgehead atoms. The summed E-state index contributed by atoms with van der Waals surface area (Å²) >= 11 is 0. The van der Waals surface area contributed by atoms with Crippen molar-refractivity contribution in [2.45, 2.75) is 0 Å². The zero-order valence-electron chi connectivity index (χ0n) is 6.17. The van der Waals surface area contributed by atoms with Gasteiger partial charge in [-0.1, -0.05) is 0 Å². The quantitative estimate of drug-likeness (QED) is 0.448. The molecule has 0 aromatic carbocycles. The van der Waals surface area contributed by atoms with E-state index < -0.39 is 12.0 Å². The second-order valence-corrected chi connectivity index (χ2v) is 2.21. The Hall–Kier alpha value is -1.26. The minimum absolute atomic E-state index is 0.218. The first-order chi connectivity index (χ1) is 5.09. The van der Waals surface area contributed by atoms with Gasteiger partial charge in [0.2, 0.25) is 5.95 Å². The van der Waals surface area contributed by atoms with E-state index in [1.807, 2.05) is 0 Å². The molecule has 0 amide bonds. The molecule has 0 radical (unpaired) electrons. The minimum Gasteiger partial charge on any atom is -0.362 e. The van der Waals surface area contributed by atoms with Gasteiger partial charge in [-0.25, -0.2) is 0 Å². The molecule has 0 spiro atoms. The van der Waals surface area contributed by atoms with Crippen molar-refractivity contribution < 1.29 is 8.78 Å². The molecule has 0 fully saturated rings. The Kier molecular flexibility index (Phi) is 1.98. The third-order valence-electron chi connectivity index (χ3n) is 1.11. The summed E-state index contributed by atoms with van der Waals surface area (Å²) < 4.78 is 24.7. The van der Waals surface area contributed by atoms with Gasteiger partial charge in [0.1, 0.15) is 5.82 Å². The molecule has 0 aliphatic heterocycles.